The number of methoxy groups -OCH3 is 2. The number of ether oxygens (including phenoxy) is 2. The molecule has 6 nitrogen and oxygen atoms in total. The van der Waals surface area contributed by atoms with Crippen LogP contribution < -0.4 is 20.1 Å². The van der Waals surface area contributed by atoms with Gasteiger partial charge in [-0.2, -0.15) is 0 Å². The van der Waals surface area contributed by atoms with Crippen LogP contribution in [0, 0.1) is 0 Å². The van der Waals surface area contributed by atoms with Crippen molar-refractivity contribution in [3.05, 3.63) is 114 Å². The Bertz CT molecular complexity index is 1400. The second-order valence-electron chi connectivity index (χ2n) is 9.19. The average molecular weight is 541 g/mol. The lowest BCUT2D eigenvalue weighted by molar-refractivity contribution is -0.115. The Hall–Kier alpha value is -4.23. The van der Waals surface area contributed by atoms with Crippen LogP contribution in [0.2, 0.25) is 0 Å². The topological polar surface area (TPSA) is 76.7 Å². The number of carbonyl (C=O) groups excluding carboxylic acids is 2. The fourth-order valence-electron chi connectivity index (χ4n) is 4.11. The van der Waals surface area contributed by atoms with Crippen molar-refractivity contribution in [3.63, 3.8) is 0 Å². The molecule has 39 heavy (non-hydrogen) atoms. The van der Waals surface area contributed by atoms with Crippen molar-refractivity contribution in [2.24, 2.45) is 0 Å². The summed E-state index contributed by atoms with van der Waals surface area (Å²) in [6.07, 6.45) is 0. The van der Waals surface area contributed by atoms with E-state index in [0.29, 0.717) is 28.7 Å². The lowest BCUT2D eigenvalue weighted by atomic mass is 10.0. The molecule has 0 saturated carbocycles. The summed E-state index contributed by atoms with van der Waals surface area (Å²) in [5.74, 6) is 0.767. The van der Waals surface area contributed by atoms with E-state index in [4.69, 9.17) is 9.47 Å². The molecule has 7 heteroatoms. The third-order valence-electron chi connectivity index (χ3n) is 6.19. The van der Waals surface area contributed by atoms with E-state index in [-0.39, 0.29) is 11.8 Å². The third-order valence-corrected chi connectivity index (χ3v) is 7.43. The van der Waals surface area contributed by atoms with Gasteiger partial charge in [-0.25, -0.2) is 0 Å². The number of carbonyl (C=O) groups is 2. The summed E-state index contributed by atoms with van der Waals surface area (Å²) < 4.78 is 10.8. The van der Waals surface area contributed by atoms with Gasteiger partial charge in [-0.3, -0.25) is 9.59 Å². The molecule has 4 aromatic carbocycles. The van der Waals surface area contributed by atoms with Gasteiger partial charge in [-0.15, -0.1) is 11.8 Å². The highest BCUT2D eigenvalue weighted by molar-refractivity contribution is 8.00. The Morgan fingerprint density at radius 2 is 1.33 bits per heavy atom. The highest BCUT2D eigenvalue weighted by atomic mass is 32.2. The lowest BCUT2D eigenvalue weighted by Gasteiger charge is -2.18. The second-order valence-corrected chi connectivity index (χ2v) is 10.4. The number of rotatable bonds is 10. The zero-order chi connectivity index (χ0) is 27.8. The summed E-state index contributed by atoms with van der Waals surface area (Å²) in [6, 6.07) is 30.2. The van der Waals surface area contributed by atoms with Crippen LogP contribution in [0.3, 0.4) is 0 Å². The predicted molar refractivity (Wildman–Crippen MR) is 158 cm³/mol. The highest BCUT2D eigenvalue weighted by Crippen LogP contribution is 2.37. The van der Waals surface area contributed by atoms with Crippen LogP contribution in [-0.4, -0.2) is 26.0 Å². The Balaban J connectivity index is 1.55. The molecule has 0 saturated heterocycles. The molecule has 0 heterocycles. The molecule has 0 aromatic heterocycles. The zero-order valence-corrected chi connectivity index (χ0v) is 23.3. The van der Waals surface area contributed by atoms with Crippen LogP contribution in [0.15, 0.2) is 102 Å². The minimum Gasteiger partial charge on any atom is -0.496 e. The van der Waals surface area contributed by atoms with E-state index < -0.39 is 5.25 Å². The molecule has 1 atom stereocenters. The third kappa shape index (κ3) is 7.00. The van der Waals surface area contributed by atoms with Crippen LogP contribution >= 0.6 is 11.8 Å². The van der Waals surface area contributed by atoms with Crippen molar-refractivity contribution >= 4 is 35.0 Å². The molecular formula is C32H32N2O4S. The maximum atomic E-state index is 13.5. The van der Waals surface area contributed by atoms with Crippen molar-refractivity contribution in [1.82, 2.24) is 0 Å². The van der Waals surface area contributed by atoms with Crippen molar-refractivity contribution in [1.29, 1.82) is 0 Å². The van der Waals surface area contributed by atoms with Gasteiger partial charge in [0.25, 0.3) is 5.91 Å². The molecule has 0 bridgehead atoms. The van der Waals surface area contributed by atoms with Crippen LogP contribution in [0.25, 0.3) is 0 Å². The maximum Gasteiger partial charge on any atom is 0.263 e. The number of hydrogen-bond acceptors (Lipinski definition) is 5. The summed E-state index contributed by atoms with van der Waals surface area (Å²) in [6.45, 7) is 4.28. The van der Waals surface area contributed by atoms with Gasteiger partial charge in [0.05, 0.1) is 14.2 Å². The van der Waals surface area contributed by atoms with E-state index in [1.54, 1.807) is 24.3 Å². The lowest BCUT2D eigenvalue weighted by Crippen LogP contribution is -2.19. The van der Waals surface area contributed by atoms with Gasteiger partial charge in [-0.05, 0) is 59.5 Å². The molecule has 2 N–H and O–H groups in total. The number of amides is 2. The molecule has 0 fully saturated rings. The van der Waals surface area contributed by atoms with Gasteiger partial charge in [-0.1, -0.05) is 68.4 Å². The van der Waals surface area contributed by atoms with Gasteiger partial charge in [0.15, 0.2) is 0 Å². The van der Waals surface area contributed by atoms with E-state index in [9.17, 15) is 9.59 Å². The van der Waals surface area contributed by atoms with Crippen LogP contribution in [0.4, 0.5) is 11.4 Å². The molecule has 1 unspecified atom stereocenters. The Morgan fingerprint density at radius 3 is 1.95 bits per heavy atom. The minimum atomic E-state index is -0.503. The van der Waals surface area contributed by atoms with E-state index in [2.05, 4.69) is 24.5 Å². The first-order valence-corrected chi connectivity index (χ1v) is 13.5. The van der Waals surface area contributed by atoms with Gasteiger partial charge in [0, 0.05) is 16.3 Å². The van der Waals surface area contributed by atoms with E-state index >= 15 is 0 Å². The highest BCUT2D eigenvalue weighted by Gasteiger charge is 2.23. The number of nitrogens with one attached hydrogen (secondary N) is 2. The molecule has 200 valence electrons. The van der Waals surface area contributed by atoms with E-state index in [1.807, 2.05) is 72.8 Å². The molecule has 0 aliphatic rings. The normalized spacial score (nSPS) is 11.5. The average Bonchev–Trinajstić information content (AvgIpc) is 2.96. The molecule has 2 amide bonds. The van der Waals surface area contributed by atoms with Crippen molar-refractivity contribution in [2.45, 2.75) is 29.9 Å². The first-order valence-electron chi connectivity index (χ1n) is 12.6. The van der Waals surface area contributed by atoms with Gasteiger partial charge in [0.1, 0.15) is 22.3 Å². The molecule has 0 aliphatic heterocycles. The van der Waals surface area contributed by atoms with Crippen molar-refractivity contribution in [3.8, 4) is 11.5 Å². The molecular weight excluding hydrogens is 508 g/mol. The Morgan fingerprint density at radius 1 is 0.692 bits per heavy atom. The summed E-state index contributed by atoms with van der Waals surface area (Å²) in [5.41, 5.74) is 3.75. The Kier molecular flexibility index (Phi) is 9.28. The maximum absolute atomic E-state index is 13.5. The fourth-order valence-corrected chi connectivity index (χ4v) is 5.20. The zero-order valence-electron chi connectivity index (χ0n) is 22.4. The quantitative estimate of drug-likeness (QED) is 0.203. The summed E-state index contributed by atoms with van der Waals surface area (Å²) in [5, 5.41) is 5.49. The fraction of sp³-hybridized carbons (Fsp3) is 0.188. The molecule has 0 spiro atoms. The minimum absolute atomic E-state index is 0.128. The molecule has 4 aromatic rings. The van der Waals surface area contributed by atoms with Crippen LogP contribution in [-0.2, 0) is 4.79 Å². The summed E-state index contributed by atoms with van der Waals surface area (Å²) in [7, 11) is 3.02. The van der Waals surface area contributed by atoms with E-state index in [1.165, 1.54) is 31.5 Å². The smallest absolute Gasteiger partial charge is 0.263 e. The number of hydrogen-bond donors (Lipinski definition) is 2. The molecule has 0 aliphatic carbocycles. The summed E-state index contributed by atoms with van der Waals surface area (Å²) in [4.78, 5) is 27.5. The monoisotopic (exact) mass is 540 g/mol. The number of benzene rings is 4. The summed E-state index contributed by atoms with van der Waals surface area (Å²) >= 11 is 1.42. The van der Waals surface area contributed by atoms with Gasteiger partial charge in [0.2, 0.25) is 5.91 Å². The largest absolute Gasteiger partial charge is 0.496 e. The van der Waals surface area contributed by atoms with E-state index in [0.717, 1.165) is 16.1 Å². The van der Waals surface area contributed by atoms with Crippen molar-refractivity contribution in [2.75, 3.05) is 24.9 Å². The second kappa shape index (κ2) is 13.0. The van der Waals surface area contributed by atoms with Gasteiger partial charge >= 0.3 is 0 Å². The van der Waals surface area contributed by atoms with Crippen molar-refractivity contribution < 1.29 is 19.1 Å². The standard InChI is InChI=1S/C32H32N2O4S/c1-21(2)22-16-18-24(19-17-22)33-32(36)30(23-10-6-5-7-11-23)39-26-13-8-12-25(20-26)34-31(35)29-27(37-3)14-9-15-28(29)38-4/h5-21,30H,1-4H3,(H,33,36)(H,34,35). The predicted octanol–water partition coefficient (Wildman–Crippen LogP) is 7.55. The van der Waals surface area contributed by atoms with Gasteiger partial charge < -0.3 is 20.1 Å². The molecule has 0 radical (unpaired) electrons. The first kappa shape index (κ1) is 27.8. The Labute approximate surface area is 233 Å². The number of thioether (sulfide) groups is 1. The van der Waals surface area contributed by atoms with Crippen LogP contribution in [0.5, 0.6) is 11.5 Å². The van der Waals surface area contributed by atoms with Crippen LogP contribution in [0.1, 0.15) is 46.5 Å². The number of anilines is 2. The molecule has 4 rings (SSSR count). The SMILES string of the molecule is COc1cccc(OC)c1C(=O)Nc1cccc(SC(C(=O)Nc2ccc(C(C)C)cc2)c2ccccc2)c1. The first-order chi connectivity index (χ1) is 18.9.